The summed E-state index contributed by atoms with van der Waals surface area (Å²) in [5.74, 6) is 0.607. The van der Waals surface area contributed by atoms with E-state index in [0.29, 0.717) is 19.0 Å². The van der Waals surface area contributed by atoms with Crippen molar-refractivity contribution in [3.63, 3.8) is 0 Å². The maximum absolute atomic E-state index is 12.4. The Morgan fingerprint density at radius 3 is 2.39 bits per heavy atom. The fourth-order valence-electron chi connectivity index (χ4n) is 2.30. The summed E-state index contributed by atoms with van der Waals surface area (Å²) in [5.41, 5.74) is 0. The molecule has 18 heavy (non-hydrogen) atoms. The molecule has 0 spiro atoms. The number of piperidine rings is 1. The van der Waals surface area contributed by atoms with E-state index in [4.69, 9.17) is 0 Å². The highest BCUT2D eigenvalue weighted by Gasteiger charge is 2.32. The van der Waals surface area contributed by atoms with Gasteiger partial charge in [0, 0.05) is 26.2 Å². The predicted molar refractivity (Wildman–Crippen MR) is 74.7 cm³/mol. The Kier molecular flexibility index (Phi) is 6.04. The summed E-state index contributed by atoms with van der Waals surface area (Å²) in [6.07, 6.45) is 2.74. The molecular weight excluding hydrogens is 250 g/mol. The zero-order valence-corrected chi connectivity index (χ0v) is 12.8. The van der Waals surface area contributed by atoms with Gasteiger partial charge in [0.25, 0.3) is 10.2 Å². The molecule has 1 heterocycles. The van der Waals surface area contributed by atoms with Gasteiger partial charge in [-0.3, -0.25) is 0 Å². The van der Waals surface area contributed by atoms with Crippen LogP contribution in [0.2, 0.25) is 0 Å². The monoisotopic (exact) mass is 277 g/mol. The minimum absolute atomic E-state index is 0.0602. The Labute approximate surface area is 112 Å². The molecule has 0 aliphatic carbocycles. The molecule has 0 radical (unpaired) electrons. The van der Waals surface area contributed by atoms with E-state index in [2.05, 4.69) is 5.32 Å². The third kappa shape index (κ3) is 3.66. The smallest absolute Gasteiger partial charge is 0.281 e. The van der Waals surface area contributed by atoms with Crippen LogP contribution in [-0.4, -0.2) is 56.8 Å². The Balaban J connectivity index is 2.60. The minimum atomic E-state index is -3.27. The van der Waals surface area contributed by atoms with Crippen LogP contribution >= 0.6 is 0 Å². The van der Waals surface area contributed by atoms with Crippen LogP contribution < -0.4 is 5.32 Å². The Hall–Kier alpha value is -0.170. The Morgan fingerprint density at radius 2 is 1.94 bits per heavy atom. The summed E-state index contributed by atoms with van der Waals surface area (Å²) in [6.45, 7) is 6.24. The zero-order chi connectivity index (χ0) is 13.8. The molecule has 1 unspecified atom stereocenters. The minimum Gasteiger partial charge on any atom is -0.319 e. The van der Waals surface area contributed by atoms with E-state index in [9.17, 15) is 8.42 Å². The molecular formula is C12H27N3O2S. The quantitative estimate of drug-likeness (QED) is 0.784. The summed E-state index contributed by atoms with van der Waals surface area (Å²) in [6, 6.07) is 0.0602. The molecule has 0 aromatic carbocycles. The number of hydrogen-bond donors (Lipinski definition) is 1. The lowest BCUT2D eigenvalue weighted by Gasteiger charge is -2.35. The maximum Gasteiger partial charge on any atom is 0.281 e. The molecule has 0 amide bonds. The standard InChI is InChI=1S/C12H27N3O2S/c1-5-11(2)14(4)18(16,17)15-8-6-12(7-9-15)10-13-3/h11-13H,5-10H2,1-4H3. The highest BCUT2D eigenvalue weighted by atomic mass is 32.2. The molecule has 108 valence electrons. The molecule has 0 aromatic rings. The van der Waals surface area contributed by atoms with Crippen molar-refractivity contribution in [2.45, 2.75) is 39.2 Å². The number of nitrogens with zero attached hydrogens (tertiary/aromatic N) is 2. The van der Waals surface area contributed by atoms with Crippen LogP contribution in [0.5, 0.6) is 0 Å². The Morgan fingerprint density at radius 1 is 1.39 bits per heavy atom. The van der Waals surface area contributed by atoms with Crippen molar-refractivity contribution in [1.29, 1.82) is 0 Å². The molecule has 1 N–H and O–H groups in total. The third-order valence-electron chi connectivity index (χ3n) is 3.97. The zero-order valence-electron chi connectivity index (χ0n) is 12.0. The van der Waals surface area contributed by atoms with Crippen LogP contribution in [0.4, 0.5) is 0 Å². The highest BCUT2D eigenvalue weighted by Crippen LogP contribution is 2.21. The molecule has 1 fully saturated rings. The van der Waals surface area contributed by atoms with E-state index in [1.807, 2.05) is 20.9 Å². The van der Waals surface area contributed by atoms with Crippen molar-refractivity contribution in [2.75, 3.05) is 33.7 Å². The summed E-state index contributed by atoms with van der Waals surface area (Å²) < 4.78 is 27.9. The first-order valence-corrected chi connectivity index (χ1v) is 8.20. The second-order valence-electron chi connectivity index (χ2n) is 5.18. The van der Waals surface area contributed by atoms with Gasteiger partial charge in [-0.1, -0.05) is 6.92 Å². The summed E-state index contributed by atoms with van der Waals surface area (Å²) in [4.78, 5) is 0. The van der Waals surface area contributed by atoms with Gasteiger partial charge in [0.1, 0.15) is 0 Å². The van der Waals surface area contributed by atoms with Crippen LogP contribution in [0.1, 0.15) is 33.1 Å². The van der Waals surface area contributed by atoms with Crippen molar-refractivity contribution in [3.8, 4) is 0 Å². The van der Waals surface area contributed by atoms with Crippen LogP contribution in [0.25, 0.3) is 0 Å². The van der Waals surface area contributed by atoms with Crippen molar-refractivity contribution in [3.05, 3.63) is 0 Å². The third-order valence-corrected chi connectivity index (χ3v) is 6.07. The molecule has 1 aliphatic heterocycles. The van der Waals surface area contributed by atoms with Gasteiger partial charge in [-0.05, 0) is 45.7 Å². The first-order valence-electron chi connectivity index (χ1n) is 6.81. The predicted octanol–water partition coefficient (Wildman–Crippen LogP) is 0.893. The van der Waals surface area contributed by atoms with Gasteiger partial charge in [-0.2, -0.15) is 17.0 Å². The van der Waals surface area contributed by atoms with Crippen LogP contribution in [0, 0.1) is 5.92 Å². The normalized spacial score (nSPS) is 21.4. The van der Waals surface area contributed by atoms with E-state index < -0.39 is 10.2 Å². The van der Waals surface area contributed by atoms with Crippen molar-refractivity contribution < 1.29 is 8.42 Å². The van der Waals surface area contributed by atoms with Crippen molar-refractivity contribution in [2.24, 2.45) is 5.92 Å². The Bertz CT molecular complexity index is 337. The van der Waals surface area contributed by atoms with E-state index >= 15 is 0 Å². The van der Waals surface area contributed by atoms with E-state index in [-0.39, 0.29) is 6.04 Å². The molecule has 1 saturated heterocycles. The van der Waals surface area contributed by atoms with Gasteiger partial charge in [-0.25, -0.2) is 0 Å². The average molecular weight is 277 g/mol. The van der Waals surface area contributed by atoms with Crippen LogP contribution in [0.3, 0.4) is 0 Å². The molecule has 0 bridgehead atoms. The van der Waals surface area contributed by atoms with Gasteiger partial charge >= 0.3 is 0 Å². The lowest BCUT2D eigenvalue weighted by Crippen LogP contribution is -2.48. The van der Waals surface area contributed by atoms with E-state index in [0.717, 1.165) is 25.8 Å². The molecule has 1 rings (SSSR count). The SMILES string of the molecule is CCC(C)N(C)S(=O)(=O)N1CCC(CNC)CC1. The fraction of sp³-hybridized carbons (Fsp3) is 1.00. The molecule has 6 heteroatoms. The molecule has 0 saturated carbocycles. The average Bonchev–Trinajstić information content (AvgIpc) is 2.38. The molecule has 1 aliphatic rings. The lowest BCUT2D eigenvalue weighted by atomic mass is 9.98. The second kappa shape index (κ2) is 6.84. The van der Waals surface area contributed by atoms with E-state index in [1.54, 1.807) is 11.4 Å². The molecule has 5 nitrogen and oxygen atoms in total. The fourth-order valence-corrected chi connectivity index (χ4v) is 3.94. The lowest BCUT2D eigenvalue weighted by molar-refractivity contribution is 0.248. The second-order valence-corrected chi connectivity index (χ2v) is 7.17. The van der Waals surface area contributed by atoms with Crippen LogP contribution in [0.15, 0.2) is 0 Å². The topological polar surface area (TPSA) is 52.7 Å². The molecule has 1 atom stereocenters. The number of nitrogens with one attached hydrogen (secondary N) is 1. The first-order chi connectivity index (χ1) is 8.43. The summed E-state index contributed by atoms with van der Waals surface area (Å²) >= 11 is 0. The van der Waals surface area contributed by atoms with Gasteiger partial charge in [0.05, 0.1) is 0 Å². The summed E-state index contributed by atoms with van der Waals surface area (Å²) in [7, 11) is 0.362. The number of hydrogen-bond acceptors (Lipinski definition) is 3. The molecule has 0 aromatic heterocycles. The van der Waals surface area contributed by atoms with Crippen molar-refractivity contribution >= 4 is 10.2 Å². The van der Waals surface area contributed by atoms with Gasteiger partial charge in [0.2, 0.25) is 0 Å². The highest BCUT2D eigenvalue weighted by molar-refractivity contribution is 7.86. The van der Waals surface area contributed by atoms with E-state index in [1.165, 1.54) is 4.31 Å². The van der Waals surface area contributed by atoms with Crippen molar-refractivity contribution in [1.82, 2.24) is 13.9 Å². The van der Waals surface area contributed by atoms with Gasteiger partial charge in [-0.15, -0.1) is 0 Å². The number of rotatable bonds is 6. The van der Waals surface area contributed by atoms with Crippen LogP contribution in [-0.2, 0) is 10.2 Å². The van der Waals surface area contributed by atoms with Gasteiger partial charge in [0.15, 0.2) is 0 Å². The maximum atomic E-state index is 12.4. The largest absolute Gasteiger partial charge is 0.319 e. The summed E-state index contributed by atoms with van der Waals surface area (Å²) in [5, 5.41) is 3.16. The first kappa shape index (κ1) is 15.9. The van der Waals surface area contributed by atoms with Gasteiger partial charge < -0.3 is 5.32 Å².